The zero-order chi connectivity index (χ0) is 15.7. The molecule has 0 fully saturated rings. The lowest BCUT2D eigenvalue weighted by Gasteiger charge is -2.20. The summed E-state index contributed by atoms with van der Waals surface area (Å²) in [7, 11) is 3.19. The molecule has 0 unspecified atom stereocenters. The van der Waals surface area contributed by atoms with Gasteiger partial charge in [-0.1, -0.05) is 6.07 Å². The van der Waals surface area contributed by atoms with Crippen LogP contribution < -0.4 is 14.8 Å². The predicted octanol–water partition coefficient (Wildman–Crippen LogP) is 1.27. The molecule has 0 aliphatic rings. The van der Waals surface area contributed by atoms with Gasteiger partial charge in [0, 0.05) is 19.6 Å². The normalized spacial score (nSPS) is 10.1. The van der Waals surface area contributed by atoms with Gasteiger partial charge in [-0.25, -0.2) is 4.79 Å². The van der Waals surface area contributed by atoms with E-state index in [1.807, 2.05) is 25.1 Å². The number of ether oxygens (including phenoxy) is 2. The monoisotopic (exact) mass is 296 g/mol. The van der Waals surface area contributed by atoms with Crippen LogP contribution in [0.2, 0.25) is 0 Å². The first-order valence-electron chi connectivity index (χ1n) is 7.00. The zero-order valence-corrected chi connectivity index (χ0v) is 12.9. The van der Waals surface area contributed by atoms with Crippen molar-refractivity contribution in [1.82, 2.24) is 10.2 Å². The van der Waals surface area contributed by atoms with E-state index in [2.05, 4.69) is 5.32 Å². The second-order valence-corrected chi connectivity index (χ2v) is 4.47. The van der Waals surface area contributed by atoms with Crippen molar-refractivity contribution in [2.24, 2.45) is 0 Å². The van der Waals surface area contributed by atoms with Gasteiger partial charge in [-0.05, 0) is 31.0 Å². The van der Waals surface area contributed by atoms with Gasteiger partial charge in [0.25, 0.3) is 0 Å². The van der Waals surface area contributed by atoms with Crippen LogP contribution in [0.3, 0.4) is 0 Å². The van der Waals surface area contributed by atoms with Crippen LogP contribution in [0.15, 0.2) is 18.2 Å². The maximum absolute atomic E-state index is 11.8. The molecule has 21 heavy (non-hydrogen) atoms. The summed E-state index contributed by atoms with van der Waals surface area (Å²) in [6.07, 6.45) is 0.697. The minimum atomic E-state index is -0.160. The highest BCUT2D eigenvalue weighted by molar-refractivity contribution is 5.74. The number of hydrogen-bond donors (Lipinski definition) is 2. The summed E-state index contributed by atoms with van der Waals surface area (Å²) in [6.45, 7) is 3.29. The highest BCUT2D eigenvalue weighted by Gasteiger charge is 2.10. The summed E-state index contributed by atoms with van der Waals surface area (Å²) in [4.78, 5) is 13.4. The lowest BCUT2D eigenvalue weighted by molar-refractivity contribution is 0.180. The number of aliphatic hydroxyl groups is 1. The van der Waals surface area contributed by atoms with Crippen LogP contribution in [-0.2, 0) is 6.42 Å². The number of methoxy groups -OCH3 is 2. The molecule has 1 aromatic rings. The molecule has 1 rings (SSSR count). The predicted molar refractivity (Wildman–Crippen MR) is 81.0 cm³/mol. The Morgan fingerprint density at radius 2 is 2.00 bits per heavy atom. The minimum absolute atomic E-state index is 0.0308. The summed E-state index contributed by atoms with van der Waals surface area (Å²) < 4.78 is 10.4. The number of likely N-dealkylation sites (N-methyl/N-ethyl adjacent to an activating group) is 1. The summed E-state index contributed by atoms with van der Waals surface area (Å²) in [5.74, 6) is 1.36. The maximum Gasteiger partial charge on any atom is 0.317 e. The third kappa shape index (κ3) is 5.15. The van der Waals surface area contributed by atoms with E-state index in [1.165, 1.54) is 0 Å². The molecule has 0 heterocycles. The first kappa shape index (κ1) is 17.1. The number of amides is 2. The Balaban J connectivity index is 2.50. The van der Waals surface area contributed by atoms with Crippen LogP contribution >= 0.6 is 0 Å². The van der Waals surface area contributed by atoms with Crippen molar-refractivity contribution in [2.45, 2.75) is 13.3 Å². The van der Waals surface area contributed by atoms with E-state index >= 15 is 0 Å². The van der Waals surface area contributed by atoms with Gasteiger partial charge in [0.05, 0.1) is 20.8 Å². The van der Waals surface area contributed by atoms with Gasteiger partial charge in [0.15, 0.2) is 11.5 Å². The molecular weight excluding hydrogens is 272 g/mol. The zero-order valence-electron chi connectivity index (χ0n) is 12.9. The second kappa shape index (κ2) is 9.07. The van der Waals surface area contributed by atoms with Crippen molar-refractivity contribution >= 4 is 6.03 Å². The summed E-state index contributed by atoms with van der Waals surface area (Å²) in [5, 5.41) is 11.7. The molecule has 0 aliphatic carbocycles. The molecule has 0 saturated heterocycles. The van der Waals surface area contributed by atoms with Crippen molar-refractivity contribution in [3.8, 4) is 11.5 Å². The molecule has 0 bridgehead atoms. The summed E-state index contributed by atoms with van der Waals surface area (Å²) in [5.41, 5.74) is 1.05. The molecule has 0 aliphatic heterocycles. The van der Waals surface area contributed by atoms with E-state index < -0.39 is 0 Å². The number of aliphatic hydroxyl groups excluding tert-OH is 1. The van der Waals surface area contributed by atoms with Crippen LogP contribution in [0, 0.1) is 0 Å². The first-order chi connectivity index (χ1) is 10.2. The maximum atomic E-state index is 11.8. The Hall–Kier alpha value is -1.95. The van der Waals surface area contributed by atoms with Crippen LogP contribution in [0.1, 0.15) is 12.5 Å². The topological polar surface area (TPSA) is 71.0 Å². The molecule has 0 aromatic heterocycles. The molecule has 2 amide bonds. The van der Waals surface area contributed by atoms with E-state index in [4.69, 9.17) is 14.6 Å². The molecule has 2 N–H and O–H groups in total. The fourth-order valence-electron chi connectivity index (χ4n) is 1.99. The van der Waals surface area contributed by atoms with E-state index in [0.29, 0.717) is 37.6 Å². The number of urea groups is 1. The van der Waals surface area contributed by atoms with Crippen molar-refractivity contribution < 1.29 is 19.4 Å². The summed E-state index contributed by atoms with van der Waals surface area (Å²) >= 11 is 0. The van der Waals surface area contributed by atoms with Gasteiger partial charge in [0.2, 0.25) is 0 Å². The lowest BCUT2D eigenvalue weighted by atomic mass is 10.1. The van der Waals surface area contributed by atoms with Crippen LogP contribution in [0.4, 0.5) is 4.79 Å². The largest absolute Gasteiger partial charge is 0.493 e. The highest BCUT2D eigenvalue weighted by atomic mass is 16.5. The Bertz CT molecular complexity index is 451. The smallest absolute Gasteiger partial charge is 0.317 e. The molecule has 0 saturated carbocycles. The average molecular weight is 296 g/mol. The number of benzene rings is 1. The Morgan fingerprint density at radius 3 is 2.57 bits per heavy atom. The van der Waals surface area contributed by atoms with Crippen molar-refractivity contribution in [2.75, 3.05) is 40.5 Å². The number of nitrogens with one attached hydrogen (secondary N) is 1. The van der Waals surface area contributed by atoms with E-state index in [9.17, 15) is 4.79 Å². The number of nitrogens with zero attached hydrogens (tertiary/aromatic N) is 1. The fraction of sp³-hybridized carbons (Fsp3) is 0.533. The highest BCUT2D eigenvalue weighted by Crippen LogP contribution is 2.27. The van der Waals surface area contributed by atoms with Crippen LogP contribution in [0.5, 0.6) is 11.5 Å². The molecule has 118 valence electrons. The third-order valence-corrected chi connectivity index (χ3v) is 3.18. The van der Waals surface area contributed by atoms with E-state index in [-0.39, 0.29) is 12.6 Å². The van der Waals surface area contributed by atoms with Gasteiger partial charge in [-0.3, -0.25) is 0 Å². The van der Waals surface area contributed by atoms with E-state index in [0.717, 1.165) is 5.56 Å². The van der Waals surface area contributed by atoms with Gasteiger partial charge in [-0.15, -0.1) is 0 Å². The molecule has 0 radical (unpaired) electrons. The van der Waals surface area contributed by atoms with Gasteiger partial charge >= 0.3 is 6.03 Å². The SMILES string of the molecule is CCN(CCO)C(=O)NCCc1ccc(OC)c(OC)c1. The fourth-order valence-corrected chi connectivity index (χ4v) is 1.99. The molecule has 6 nitrogen and oxygen atoms in total. The molecule has 1 aromatic carbocycles. The van der Waals surface area contributed by atoms with Crippen molar-refractivity contribution in [3.05, 3.63) is 23.8 Å². The van der Waals surface area contributed by atoms with Gasteiger partial charge < -0.3 is 24.8 Å². The summed E-state index contributed by atoms with van der Waals surface area (Å²) in [6, 6.07) is 5.53. The van der Waals surface area contributed by atoms with Crippen molar-refractivity contribution in [1.29, 1.82) is 0 Å². The number of carbonyl (C=O) groups excluding carboxylic acids is 1. The lowest BCUT2D eigenvalue weighted by Crippen LogP contribution is -2.42. The molecule has 6 heteroatoms. The molecule has 0 spiro atoms. The number of rotatable bonds is 8. The third-order valence-electron chi connectivity index (χ3n) is 3.18. The Labute approximate surface area is 125 Å². The molecule has 0 atom stereocenters. The second-order valence-electron chi connectivity index (χ2n) is 4.47. The Kier molecular flexibility index (Phi) is 7.39. The van der Waals surface area contributed by atoms with Gasteiger partial charge in [0.1, 0.15) is 0 Å². The number of hydrogen-bond acceptors (Lipinski definition) is 4. The molecular formula is C15H24N2O4. The van der Waals surface area contributed by atoms with Crippen molar-refractivity contribution in [3.63, 3.8) is 0 Å². The quantitative estimate of drug-likeness (QED) is 0.758. The Morgan fingerprint density at radius 1 is 1.29 bits per heavy atom. The van der Waals surface area contributed by atoms with Gasteiger partial charge in [-0.2, -0.15) is 0 Å². The number of carbonyl (C=O) groups is 1. The average Bonchev–Trinajstić information content (AvgIpc) is 2.52. The first-order valence-corrected chi connectivity index (χ1v) is 7.00. The standard InChI is InChI=1S/C15H24N2O4/c1-4-17(9-10-18)15(19)16-8-7-12-5-6-13(20-2)14(11-12)21-3/h5-6,11,18H,4,7-10H2,1-3H3,(H,16,19). The minimum Gasteiger partial charge on any atom is -0.493 e. The van der Waals surface area contributed by atoms with Crippen LogP contribution in [0.25, 0.3) is 0 Å². The van der Waals surface area contributed by atoms with E-state index in [1.54, 1.807) is 19.1 Å². The van der Waals surface area contributed by atoms with Crippen LogP contribution in [-0.4, -0.2) is 56.5 Å².